The summed E-state index contributed by atoms with van der Waals surface area (Å²) in [4.78, 5) is 14.1. The molecule has 1 aliphatic rings. The van der Waals surface area contributed by atoms with Crippen LogP contribution in [0.2, 0.25) is 0 Å². The van der Waals surface area contributed by atoms with Gasteiger partial charge < -0.3 is 0 Å². The van der Waals surface area contributed by atoms with Gasteiger partial charge in [0.05, 0.1) is 6.04 Å². The minimum atomic E-state index is -0.844. The molecule has 0 unspecified atom stereocenters. The maximum Gasteiger partial charge on any atom is 0.155 e. The zero-order valence-corrected chi connectivity index (χ0v) is 10.4. The fraction of sp³-hybridized carbons (Fsp3) is 0.917. The van der Waals surface area contributed by atoms with Crippen molar-refractivity contribution in [2.75, 3.05) is 6.54 Å². The molecule has 0 aromatic carbocycles. The number of ketones is 1. The largest absolute Gasteiger partial charge is 0.297 e. The van der Waals surface area contributed by atoms with Crippen molar-refractivity contribution in [3.05, 3.63) is 0 Å². The molecule has 88 valence electrons. The van der Waals surface area contributed by atoms with Gasteiger partial charge >= 0.3 is 0 Å². The van der Waals surface area contributed by atoms with Gasteiger partial charge in [0.2, 0.25) is 0 Å². The monoisotopic (exact) mass is 215 g/mol. The van der Waals surface area contributed by atoms with Crippen molar-refractivity contribution in [3.8, 4) is 0 Å². The van der Waals surface area contributed by atoms with E-state index < -0.39 is 6.17 Å². The number of likely N-dealkylation sites (tertiary alicyclic amines) is 1. The Morgan fingerprint density at radius 3 is 2.33 bits per heavy atom. The third-order valence-electron chi connectivity index (χ3n) is 2.99. The molecule has 1 heterocycles. The van der Waals surface area contributed by atoms with Gasteiger partial charge in [-0.2, -0.15) is 0 Å². The van der Waals surface area contributed by atoms with Crippen molar-refractivity contribution in [2.24, 2.45) is 5.41 Å². The Balaban J connectivity index is 2.80. The highest BCUT2D eigenvalue weighted by molar-refractivity contribution is 5.89. The van der Waals surface area contributed by atoms with Gasteiger partial charge in [-0.05, 0) is 13.8 Å². The number of nitrogens with zero attached hydrogens (tertiary/aromatic N) is 1. The predicted molar refractivity (Wildman–Crippen MR) is 59.6 cm³/mol. The SMILES string of the molecule is CC(C)N1C[C@H](F)C[C@H]1C(=O)C(C)(C)C. The molecule has 0 radical (unpaired) electrons. The van der Waals surface area contributed by atoms with E-state index in [1.54, 1.807) is 0 Å². The summed E-state index contributed by atoms with van der Waals surface area (Å²) in [6.07, 6.45) is -0.474. The molecule has 2 atom stereocenters. The van der Waals surface area contributed by atoms with Crippen LogP contribution in [0.5, 0.6) is 0 Å². The summed E-state index contributed by atoms with van der Waals surface area (Å²) in [7, 11) is 0. The number of carbonyl (C=O) groups is 1. The fourth-order valence-corrected chi connectivity index (χ4v) is 2.14. The van der Waals surface area contributed by atoms with E-state index in [2.05, 4.69) is 0 Å². The van der Waals surface area contributed by atoms with E-state index in [4.69, 9.17) is 0 Å². The predicted octanol–water partition coefficient (Wildman–Crippen LogP) is 2.42. The lowest BCUT2D eigenvalue weighted by Crippen LogP contribution is -2.44. The minimum absolute atomic E-state index is 0.163. The molecule has 0 aromatic rings. The van der Waals surface area contributed by atoms with Gasteiger partial charge in [0.15, 0.2) is 5.78 Å². The number of hydrogen-bond acceptors (Lipinski definition) is 2. The van der Waals surface area contributed by atoms with Crippen LogP contribution in [0.15, 0.2) is 0 Å². The summed E-state index contributed by atoms with van der Waals surface area (Å²) in [5, 5.41) is 0. The molecule has 0 saturated carbocycles. The van der Waals surface area contributed by atoms with E-state index in [1.165, 1.54) is 0 Å². The summed E-state index contributed by atoms with van der Waals surface area (Å²) in [6, 6.07) is 0.0158. The average molecular weight is 215 g/mol. The Labute approximate surface area is 91.8 Å². The molecule has 0 aromatic heterocycles. The van der Waals surface area contributed by atoms with Crippen molar-refractivity contribution >= 4 is 5.78 Å². The highest BCUT2D eigenvalue weighted by Gasteiger charge is 2.41. The second-order valence-corrected chi connectivity index (χ2v) is 5.75. The van der Waals surface area contributed by atoms with Gasteiger partial charge in [0.25, 0.3) is 0 Å². The molecule has 0 amide bonds. The maximum absolute atomic E-state index is 13.3. The number of carbonyl (C=O) groups excluding carboxylic acids is 1. The third-order valence-corrected chi connectivity index (χ3v) is 2.99. The van der Waals surface area contributed by atoms with Crippen LogP contribution >= 0.6 is 0 Å². The van der Waals surface area contributed by atoms with E-state index in [-0.39, 0.29) is 23.3 Å². The van der Waals surface area contributed by atoms with Gasteiger partial charge in [-0.25, -0.2) is 4.39 Å². The molecule has 1 aliphatic heterocycles. The summed E-state index contributed by atoms with van der Waals surface area (Å²) in [5.74, 6) is 0.163. The molecular formula is C12H22FNO. The molecule has 0 aliphatic carbocycles. The van der Waals surface area contributed by atoms with Crippen LogP contribution in [-0.2, 0) is 4.79 Å². The van der Waals surface area contributed by atoms with Crippen molar-refractivity contribution in [2.45, 2.75) is 59.3 Å². The lowest BCUT2D eigenvalue weighted by Gasteiger charge is -2.31. The molecule has 0 N–H and O–H groups in total. The zero-order chi connectivity index (χ0) is 11.8. The van der Waals surface area contributed by atoms with Crippen LogP contribution in [0.1, 0.15) is 41.0 Å². The first-order chi connectivity index (χ1) is 6.73. The zero-order valence-electron chi connectivity index (χ0n) is 10.4. The van der Waals surface area contributed by atoms with E-state index in [1.807, 2.05) is 39.5 Å². The van der Waals surface area contributed by atoms with E-state index >= 15 is 0 Å². The molecular weight excluding hydrogens is 193 g/mol. The molecule has 2 nitrogen and oxygen atoms in total. The van der Waals surface area contributed by atoms with Crippen LogP contribution in [0.3, 0.4) is 0 Å². The van der Waals surface area contributed by atoms with Gasteiger partial charge in [0, 0.05) is 24.4 Å². The summed E-state index contributed by atoms with van der Waals surface area (Å²) in [6.45, 7) is 10.1. The Kier molecular flexibility index (Phi) is 3.54. The highest BCUT2D eigenvalue weighted by atomic mass is 19.1. The lowest BCUT2D eigenvalue weighted by molar-refractivity contribution is -0.131. The van der Waals surface area contributed by atoms with Crippen molar-refractivity contribution in [1.82, 2.24) is 4.90 Å². The Morgan fingerprint density at radius 2 is 1.93 bits per heavy atom. The first kappa shape index (κ1) is 12.6. The van der Waals surface area contributed by atoms with E-state index in [0.29, 0.717) is 13.0 Å². The van der Waals surface area contributed by atoms with Gasteiger partial charge in [-0.15, -0.1) is 0 Å². The highest BCUT2D eigenvalue weighted by Crippen LogP contribution is 2.29. The molecule has 3 heteroatoms. The molecule has 1 fully saturated rings. The Bertz CT molecular complexity index is 244. The van der Waals surface area contributed by atoms with Gasteiger partial charge in [-0.3, -0.25) is 9.69 Å². The molecule has 15 heavy (non-hydrogen) atoms. The second-order valence-electron chi connectivity index (χ2n) is 5.75. The molecule has 1 saturated heterocycles. The molecule has 0 spiro atoms. The van der Waals surface area contributed by atoms with Crippen LogP contribution < -0.4 is 0 Å². The molecule has 1 rings (SSSR count). The number of alkyl halides is 1. The number of halogens is 1. The van der Waals surface area contributed by atoms with Crippen LogP contribution in [-0.4, -0.2) is 35.5 Å². The van der Waals surface area contributed by atoms with Crippen LogP contribution in [0.25, 0.3) is 0 Å². The number of hydrogen-bond donors (Lipinski definition) is 0. The number of rotatable bonds is 2. The lowest BCUT2D eigenvalue weighted by atomic mass is 9.85. The number of Topliss-reactive ketones (excluding diaryl/α,β-unsaturated/α-hetero) is 1. The summed E-state index contributed by atoms with van der Waals surface area (Å²) in [5.41, 5.74) is -0.373. The summed E-state index contributed by atoms with van der Waals surface area (Å²) >= 11 is 0. The smallest absolute Gasteiger partial charge is 0.155 e. The average Bonchev–Trinajstić information content (AvgIpc) is 2.44. The maximum atomic E-state index is 13.3. The summed E-state index contributed by atoms with van der Waals surface area (Å²) < 4.78 is 13.3. The Morgan fingerprint density at radius 1 is 1.40 bits per heavy atom. The second kappa shape index (κ2) is 4.20. The van der Waals surface area contributed by atoms with Gasteiger partial charge in [0.1, 0.15) is 6.17 Å². The Hall–Kier alpha value is -0.440. The quantitative estimate of drug-likeness (QED) is 0.705. The van der Waals surface area contributed by atoms with Crippen molar-refractivity contribution in [1.29, 1.82) is 0 Å². The first-order valence-electron chi connectivity index (χ1n) is 5.67. The van der Waals surface area contributed by atoms with Crippen LogP contribution in [0.4, 0.5) is 4.39 Å². The minimum Gasteiger partial charge on any atom is -0.297 e. The third kappa shape index (κ3) is 2.77. The van der Waals surface area contributed by atoms with E-state index in [0.717, 1.165) is 0 Å². The van der Waals surface area contributed by atoms with E-state index in [9.17, 15) is 9.18 Å². The fourth-order valence-electron chi connectivity index (χ4n) is 2.14. The topological polar surface area (TPSA) is 20.3 Å². The van der Waals surface area contributed by atoms with Gasteiger partial charge in [-0.1, -0.05) is 20.8 Å². The first-order valence-corrected chi connectivity index (χ1v) is 5.67. The van der Waals surface area contributed by atoms with Crippen molar-refractivity contribution in [3.63, 3.8) is 0 Å². The molecule has 0 bridgehead atoms. The normalized spacial score (nSPS) is 28.7. The standard InChI is InChI=1S/C12H22FNO/c1-8(2)14-7-9(13)6-10(14)11(15)12(3,4)5/h8-10H,6-7H2,1-5H3/t9-,10+/m1/s1. The van der Waals surface area contributed by atoms with Crippen molar-refractivity contribution < 1.29 is 9.18 Å². The van der Waals surface area contributed by atoms with Crippen LogP contribution in [0, 0.1) is 5.41 Å².